The second-order valence-electron chi connectivity index (χ2n) is 6.06. The number of fused-ring (bicyclic) bond motifs is 4. The summed E-state index contributed by atoms with van der Waals surface area (Å²) >= 11 is 0. The minimum absolute atomic E-state index is 0.0358. The van der Waals surface area contributed by atoms with Crippen LogP contribution in [0.3, 0.4) is 0 Å². The van der Waals surface area contributed by atoms with Crippen LogP contribution >= 0.6 is 0 Å². The standard InChI is InChI=1S/C16H14O7/c17-9-3-1-8(2-4-9)14(19)12-7-5-10(11(18)6-7)13(12)15(20,21)16(14,22)23/h1-4,6,17-23H,5H2. The van der Waals surface area contributed by atoms with Crippen LogP contribution in [0.2, 0.25) is 0 Å². The summed E-state index contributed by atoms with van der Waals surface area (Å²) in [5.41, 5.74) is -2.40. The van der Waals surface area contributed by atoms with Crippen molar-refractivity contribution in [2.45, 2.75) is 23.6 Å². The smallest absolute Gasteiger partial charge is 0.261 e. The van der Waals surface area contributed by atoms with Crippen LogP contribution in [-0.4, -0.2) is 47.3 Å². The molecule has 0 heterocycles. The summed E-state index contributed by atoms with van der Waals surface area (Å²) in [5, 5.41) is 71.7. The van der Waals surface area contributed by atoms with Gasteiger partial charge in [0.05, 0.1) is 0 Å². The molecule has 1 aromatic carbocycles. The molecule has 1 atom stereocenters. The lowest BCUT2D eigenvalue weighted by atomic mass is 9.79. The Morgan fingerprint density at radius 2 is 1.43 bits per heavy atom. The van der Waals surface area contributed by atoms with Gasteiger partial charge in [0.1, 0.15) is 11.5 Å². The molecule has 120 valence electrons. The molecule has 4 rings (SSSR count). The van der Waals surface area contributed by atoms with Crippen molar-refractivity contribution in [3.63, 3.8) is 0 Å². The lowest BCUT2D eigenvalue weighted by molar-refractivity contribution is -0.378. The Morgan fingerprint density at radius 3 is 2.04 bits per heavy atom. The molecule has 2 bridgehead atoms. The number of aliphatic hydroxyl groups excluding tert-OH is 1. The molecule has 3 aliphatic rings. The third kappa shape index (κ3) is 1.37. The van der Waals surface area contributed by atoms with E-state index in [-0.39, 0.29) is 40.2 Å². The van der Waals surface area contributed by atoms with E-state index in [0.29, 0.717) is 5.57 Å². The second kappa shape index (κ2) is 3.84. The van der Waals surface area contributed by atoms with Gasteiger partial charge in [-0.05, 0) is 29.3 Å². The van der Waals surface area contributed by atoms with Gasteiger partial charge < -0.3 is 35.7 Å². The minimum Gasteiger partial charge on any atom is -0.508 e. The minimum atomic E-state index is -3.35. The van der Waals surface area contributed by atoms with E-state index in [0.717, 1.165) is 0 Å². The third-order valence-corrected chi connectivity index (χ3v) is 4.85. The van der Waals surface area contributed by atoms with E-state index in [4.69, 9.17) is 0 Å². The summed E-state index contributed by atoms with van der Waals surface area (Å²) in [5.74, 6) is -6.82. The van der Waals surface area contributed by atoms with Crippen LogP contribution in [0.5, 0.6) is 5.75 Å². The summed E-state index contributed by atoms with van der Waals surface area (Å²) in [4.78, 5) is 0. The normalized spacial score (nSPS) is 30.0. The first-order chi connectivity index (χ1) is 10.6. The van der Waals surface area contributed by atoms with Crippen LogP contribution in [-0.2, 0) is 5.60 Å². The molecule has 0 saturated carbocycles. The summed E-state index contributed by atoms with van der Waals surface area (Å²) in [6.07, 6.45) is 1.51. The molecule has 7 nitrogen and oxygen atoms in total. The molecule has 0 aliphatic heterocycles. The number of aliphatic hydroxyl groups is 6. The zero-order valence-corrected chi connectivity index (χ0v) is 11.7. The molecule has 7 heteroatoms. The molecule has 7 N–H and O–H groups in total. The van der Waals surface area contributed by atoms with Crippen LogP contribution in [0, 0.1) is 0 Å². The molecule has 0 spiro atoms. The molecular formula is C16H14O7. The molecule has 0 amide bonds. The first-order valence-electron chi connectivity index (χ1n) is 6.92. The van der Waals surface area contributed by atoms with Crippen molar-refractivity contribution >= 4 is 0 Å². The number of allylic oxidation sites excluding steroid dienone is 1. The van der Waals surface area contributed by atoms with Crippen molar-refractivity contribution in [1.29, 1.82) is 0 Å². The van der Waals surface area contributed by atoms with Crippen molar-refractivity contribution in [2.24, 2.45) is 0 Å². The molecule has 1 unspecified atom stereocenters. The third-order valence-electron chi connectivity index (χ3n) is 4.85. The van der Waals surface area contributed by atoms with Crippen LogP contribution in [0.1, 0.15) is 12.0 Å². The van der Waals surface area contributed by atoms with Gasteiger partial charge in [-0.3, -0.25) is 0 Å². The van der Waals surface area contributed by atoms with E-state index in [9.17, 15) is 35.7 Å². The fourth-order valence-electron chi connectivity index (χ4n) is 3.72. The predicted molar refractivity (Wildman–Crippen MR) is 75.7 cm³/mol. The lowest BCUT2D eigenvalue weighted by Crippen LogP contribution is -2.63. The van der Waals surface area contributed by atoms with E-state index in [2.05, 4.69) is 0 Å². The van der Waals surface area contributed by atoms with Crippen LogP contribution in [0.4, 0.5) is 0 Å². The van der Waals surface area contributed by atoms with Gasteiger partial charge in [0.2, 0.25) is 0 Å². The summed E-state index contributed by atoms with van der Waals surface area (Å²) in [6, 6.07) is 4.97. The van der Waals surface area contributed by atoms with Gasteiger partial charge in [-0.15, -0.1) is 0 Å². The van der Waals surface area contributed by atoms with E-state index in [1.54, 1.807) is 0 Å². The number of rotatable bonds is 1. The van der Waals surface area contributed by atoms with Crippen molar-refractivity contribution in [2.75, 3.05) is 0 Å². The molecule has 3 aliphatic carbocycles. The van der Waals surface area contributed by atoms with Gasteiger partial charge in [0, 0.05) is 23.1 Å². The average Bonchev–Trinajstić information content (AvgIpc) is 3.06. The average molecular weight is 318 g/mol. The van der Waals surface area contributed by atoms with E-state index < -0.39 is 17.2 Å². The summed E-state index contributed by atoms with van der Waals surface area (Å²) < 4.78 is 0. The van der Waals surface area contributed by atoms with Crippen molar-refractivity contribution < 1.29 is 35.7 Å². The Kier molecular flexibility index (Phi) is 2.41. The maximum atomic E-state index is 11.1. The highest BCUT2D eigenvalue weighted by atomic mass is 16.6. The van der Waals surface area contributed by atoms with Gasteiger partial charge in [0.15, 0.2) is 5.60 Å². The summed E-state index contributed by atoms with van der Waals surface area (Å²) in [7, 11) is 0. The van der Waals surface area contributed by atoms with Gasteiger partial charge in [0.25, 0.3) is 11.6 Å². The highest BCUT2D eigenvalue weighted by Gasteiger charge is 2.74. The topological polar surface area (TPSA) is 142 Å². The number of aromatic hydroxyl groups is 1. The first-order valence-corrected chi connectivity index (χ1v) is 6.92. The van der Waals surface area contributed by atoms with E-state index in [1.807, 2.05) is 0 Å². The molecule has 0 fully saturated rings. The van der Waals surface area contributed by atoms with Gasteiger partial charge >= 0.3 is 0 Å². The molecule has 23 heavy (non-hydrogen) atoms. The van der Waals surface area contributed by atoms with Crippen molar-refractivity contribution in [3.05, 3.63) is 64.0 Å². The SMILES string of the molecule is OC1=C2CC(=C1)C1=C2C(O)(O)C(O)(O)C1(O)c1ccc(O)cc1. The van der Waals surface area contributed by atoms with Crippen LogP contribution < -0.4 is 0 Å². The monoisotopic (exact) mass is 318 g/mol. The number of hydrogen-bond donors (Lipinski definition) is 7. The molecule has 0 radical (unpaired) electrons. The largest absolute Gasteiger partial charge is 0.508 e. The Bertz CT molecular complexity index is 826. The second-order valence-corrected chi connectivity index (χ2v) is 6.06. The Labute approximate surface area is 130 Å². The maximum Gasteiger partial charge on any atom is 0.261 e. The molecule has 1 aromatic rings. The van der Waals surface area contributed by atoms with E-state index >= 15 is 0 Å². The molecular weight excluding hydrogens is 304 g/mol. The lowest BCUT2D eigenvalue weighted by Gasteiger charge is -2.41. The zero-order chi connectivity index (χ0) is 16.8. The van der Waals surface area contributed by atoms with Gasteiger partial charge in [-0.2, -0.15) is 0 Å². The van der Waals surface area contributed by atoms with Crippen LogP contribution in [0.15, 0.2) is 58.4 Å². The quantitative estimate of drug-likeness (QED) is 0.343. The fourth-order valence-corrected chi connectivity index (χ4v) is 3.72. The number of phenols is 1. The Morgan fingerprint density at radius 1 is 0.826 bits per heavy atom. The predicted octanol–water partition coefficient (Wildman–Crippen LogP) is -0.592. The van der Waals surface area contributed by atoms with Gasteiger partial charge in [-0.25, -0.2) is 0 Å². The molecule has 0 saturated heterocycles. The number of benzene rings is 1. The first kappa shape index (κ1) is 14.4. The van der Waals surface area contributed by atoms with E-state index in [1.165, 1.54) is 30.3 Å². The van der Waals surface area contributed by atoms with Crippen LogP contribution in [0.25, 0.3) is 0 Å². The highest BCUT2D eigenvalue weighted by molar-refractivity contribution is 5.73. The zero-order valence-electron chi connectivity index (χ0n) is 11.7. The Hall–Kier alpha value is -2.16. The number of hydrogen-bond acceptors (Lipinski definition) is 7. The maximum absolute atomic E-state index is 11.1. The van der Waals surface area contributed by atoms with Gasteiger partial charge in [-0.1, -0.05) is 12.1 Å². The highest BCUT2D eigenvalue weighted by Crippen LogP contribution is 2.63. The fraction of sp³-hybridized carbons (Fsp3) is 0.250. The van der Waals surface area contributed by atoms with Crippen molar-refractivity contribution in [3.8, 4) is 5.75 Å². The molecule has 0 aromatic heterocycles. The number of phenolic OH excluding ortho intramolecular Hbond substituents is 1. The summed E-state index contributed by atoms with van der Waals surface area (Å²) in [6.45, 7) is 0. The Balaban J connectivity index is 2.04. The van der Waals surface area contributed by atoms with Crippen molar-refractivity contribution in [1.82, 2.24) is 0 Å².